The van der Waals surface area contributed by atoms with E-state index in [1.807, 2.05) is 31.2 Å². The number of amides is 1. The van der Waals surface area contributed by atoms with Gasteiger partial charge in [0.1, 0.15) is 23.1 Å². The molecule has 3 rings (SSSR count). The fourth-order valence-corrected chi connectivity index (χ4v) is 2.50. The summed E-state index contributed by atoms with van der Waals surface area (Å²) in [5.74, 6) is 0.744. The maximum Gasteiger partial charge on any atom is 0.259 e. The van der Waals surface area contributed by atoms with Gasteiger partial charge in [-0.2, -0.15) is 4.39 Å². The Hall–Kier alpha value is -3.61. The van der Waals surface area contributed by atoms with Crippen LogP contribution in [0, 0.1) is 12.9 Å². The van der Waals surface area contributed by atoms with E-state index in [9.17, 15) is 9.18 Å². The number of benzene rings is 2. The molecule has 28 heavy (non-hydrogen) atoms. The number of nitrogens with one attached hydrogen (secondary N) is 1. The standard InChI is InChI=1S/C21H20FN3O3/c1-3-27-15-8-10-17(11-9-15)28-16-6-4-14(5-7-16)24-21(26)18-12-13(2)19(22)25-20(18)23/h4-12H,3H2,1-2H3,(H2,23,25)(H,24,26). The number of nitrogens with zero attached hydrogens (tertiary/aromatic N) is 1. The molecule has 0 radical (unpaired) electrons. The molecular weight excluding hydrogens is 361 g/mol. The fraction of sp³-hybridized carbons (Fsp3) is 0.143. The van der Waals surface area contributed by atoms with Crippen molar-refractivity contribution < 1.29 is 18.7 Å². The third-order valence-electron chi connectivity index (χ3n) is 3.91. The first kappa shape index (κ1) is 19.2. The first-order valence-corrected chi connectivity index (χ1v) is 8.71. The second kappa shape index (κ2) is 8.39. The van der Waals surface area contributed by atoms with Gasteiger partial charge in [-0.15, -0.1) is 0 Å². The van der Waals surface area contributed by atoms with E-state index in [1.54, 1.807) is 24.3 Å². The Kier molecular flexibility index (Phi) is 5.74. The van der Waals surface area contributed by atoms with E-state index in [-0.39, 0.29) is 16.9 Å². The number of halogens is 1. The van der Waals surface area contributed by atoms with Gasteiger partial charge in [0.05, 0.1) is 12.2 Å². The zero-order valence-corrected chi connectivity index (χ0v) is 15.5. The minimum atomic E-state index is -0.690. The van der Waals surface area contributed by atoms with Gasteiger partial charge < -0.3 is 20.5 Å². The maximum absolute atomic E-state index is 13.4. The van der Waals surface area contributed by atoms with Gasteiger partial charge in [-0.25, -0.2) is 4.98 Å². The molecule has 1 aromatic heterocycles. The number of hydrogen-bond acceptors (Lipinski definition) is 5. The molecule has 0 bridgehead atoms. The van der Waals surface area contributed by atoms with Crippen LogP contribution in [-0.4, -0.2) is 17.5 Å². The Morgan fingerprint density at radius 2 is 1.64 bits per heavy atom. The lowest BCUT2D eigenvalue weighted by Crippen LogP contribution is -2.16. The molecule has 6 nitrogen and oxygen atoms in total. The SMILES string of the molecule is CCOc1ccc(Oc2ccc(NC(=O)c3cc(C)c(F)nc3N)cc2)cc1. The summed E-state index contributed by atoms with van der Waals surface area (Å²) in [7, 11) is 0. The number of carbonyl (C=O) groups excluding carboxylic acids is 1. The van der Waals surface area contributed by atoms with Crippen molar-refractivity contribution in [2.24, 2.45) is 0 Å². The topological polar surface area (TPSA) is 86.5 Å². The van der Waals surface area contributed by atoms with Gasteiger partial charge in [-0.1, -0.05) is 0 Å². The number of carbonyl (C=O) groups is 1. The number of nitrogens with two attached hydrogens (primary N) is 1. The predicted octanol–water partition coefficient (Wildman–Crippen LogP) is 4.55. The van der Waals surface area contributed by atoms with Crippen LogP contribution in [0.1, 0.15) is 22.8 Å². The Morgan fingerprint density at radius 3 is 2.25 bits per heavy atom. The van der Waals surface area contributed by atoms with Crippen molar-refractivity contribution in [3.05, 3.63) is 71.7 Å². The minimum Gasteiger partial charge on any atom is -0.494 e. The highest BCUT2D eigenvalue weighted by atomic mass is 19.1. The van der Waals surface area contributed by atoms with Gasteiger partial charge in [0.2, 0.25) is 5.95 Å². The number of anilines is 2. The highest BCUT2D eigenvalue weighted by Gasteiger charge is 2.14. The van der Waals surface area contributed by atoms with Crippen molar-refractivity contribution in [1.82, 2.24) is 4.98 Å². The number of aryl methyl sites for hydroxylation is 1. The molecule has 0 aliphatic carbocycles. The van der Waals surface area contributed by atoms with Crippen molar-refractivity contribution >= 4 is 17.4 Å². The van der Waals surface area contributed by atoms with Crippen molar-refractivity contribution in [2.45, 2.75) is 13.8 Å². The Balaban J connectivity index is 1.65. The molecule has 0 saturated heterocycles. The molecule has 0 aliphatic rings. The molecule has 0 aliphatic heterocycles. The third kappa shape index (κ3) is 4.56. The van der Waals surface area contributed by atoms with Crippen molar-refractivity contribution in [1.29, 1.82) is 0 Å². The molecule has 0 unspecified atom stereocenters. The predicted molar refractivity (Wildman–Crippen MR) is 105 cm³/mol. The van der Waals surface area contributed by atoms with Gasteiger partial charge >= 0.3 is 0 Å². The van der Waals surface area contributed by atoms with Crippen LogP contribution in [0.4, 0.5) is 15.9 Å². The van der Waals surface area contributed by atoms with Crippen LogP contribution in [0.3, 0.4) is 0 Å². The Bertz CT molecular complexity index is 973. The molecule has 1 heterocycles. The van der Waals surface area contributed by atoms with Crippen LogP contribution in [0.2, 0.25) is 0 Å². The maximum atomic E-state index is 13.4. The number of nitrogen functional groups attached to an aromatic ring is 1. The molecule has 1 amide bonds. The average Bonchev–Trinajstić information content (AvgIpc) is 2.68. The van der Waals surface area contributed by atoms with E-state index in [2.05, 4.69) is 10.3 Å². The molecule has 0 spiro atoms. The third-order valence-corrected chi connectivity index (χ3v) is 3.91. The number of rotatable bonds is 6. The Labute approximate surface area is 162 Å². The van der Waals surface area contributed by atoms with Gasteiger partial charge in [-0.3, -0.25) is 4.79 Å². The molecule has 0 atom stereocenters. The molecular formula is C21H20FN3O3. The van der Waals surface area contributed by atoms with Gasteiger partial charge in [0.15, 0.2) is 0 Å². The largest absolute Gasteiger partial charge is 0.494 e. The molecule has 3 N–H and O–H groups in total. The molecule has 144 valence electrons. The summed E-state index contributed by atoms with van der Waals surface area (Å²) in [6.45, 7) is 4.05. The lowest BCUT2D eigenvalue weighted by Gasteiger charge is -2.10. The molecule has 3 aromatic rings. The summed E-state index contributed by atoms with van der Waals surface area (Å²) < 4.78 is 24.5. The van der Waals surface area contributed by atoms with Crippen molar-refractivity contribution in [3.63, 3.8) is 0 Å². The van der Waals surface area contributed by atoms with E-state index in [4.69, 9.17) is 15.2 Å². The van der Waals surface area contributed by atoms with E-state index in [1.165, 1.54) is 13.0 Å². The van der Waals surface area contributed by atoms with E-state index in [0.717, 1.165) is 5.75 Å². The summed E-state index contributed by atoms with van der Waals surface area (Å²) in [4.78, 5) is 15.9. The number of pyridine rings is 1. The van der Waals surface area contributed by atoms with Crippen LogP contribution in [0.15, 0.2) is 54.6 Å². The first-order valence-electron chi connectivity index (χ1n) is 8.71. The minimum absolute atomic E-state index is 0.119. The van der Waals surface area contributed by atoms with Crippen molar-refractivity contribution in [2.75, 3.05) is 17.7 Å². The van der Waals surface area contributed by atoms with Gasteiger partial charge in [0, 0.05) is 11.3 Å². The second-order valence-corrected chi connectivity index (χ2v) is 6.01. The summed E-state index contributed by atoms with van der Waals surface area (Å²) in [6, 6.07) is 15.5. The van der Waals surface area contributed by atoms with Crippen molar-refractivity contribution in [3.8, 4) is 17.2 Å². The highest BCUT2D eigenvalue weighted by molar-refractivity contribution is 6.07. The summed E-state index contributed by atoms with van der Waals surface area (Å²) in [5, 5.41) is 2.70. The lowest BCUT2D eigenvalue weighted by molar-refractivity contribution is 0.102. The summed E-state index contributed by atoms with van der Waals surface area (Å²) in [5.41, 5.74) is 6.56. The zero-order valence-electron chi connectivity index (χ0n) is 15.5. The van der Waals surface area contributed by atoms with Crippen LogP contribution < -0.4 is 20.5 Å². The smallest absolute Gasteiger partial charge is 0.259 e. The quantitative estimate of drug-likeness (QED) is 0.612. The van der Waals surface area contributed by atoms with Crippen LogP contribution >= 0.6 is 0 Å². The summed E-state index contributed by atoms with van der Waals surface area (Å²) >= 11 is 0. The second-order valence-electron chi connectivity index (χ2n) is 6.01. The molecule has 7 heteroatoms. The van der Waals surface area contributed by atoms with E-state index < -0.39 is 11.9 Å². The normalized spacial score (nSPS) is 10.4. The fourth-order valence-electron chi connectivity index (χ4n) is 2.50. The monoisotopic (exact) mass is 381 g/mol. The van der Waals surface area contributed by atoms with Crippen LogP contribution in [-0.2, 0) is 0 Å². The van der Waals surface area contributed by atoms with E-state index >= 15 is 0 Å². The average molecular weight is 381 g/mol. The lowest BCUT2D eigenvalue weighted by atomic mass is 10.1. The first-order chi connectivity index (χ1) is 13.5. The zero-order chi connectivity index (χ0) is 20.1. The molecule has 0 fully saturated rings. The van der Waals surface area contributed by atoms with Crippen LogP contribution in [0.5, 0.6) is 17.2 Å². The summed E-state index contributed by atoms with van der Waals surface area (Å²) in [6.07, 6.45) is 0. The molecule has 0 saturated carbocycles. The highest BCUT2D eigenvalue weighted by Crippen LogP contribution is 2.25. The van der Waals surface area contributed by atoms with E-state index in [0.29, 0.717) is 23.8 Å². The van der Waals surface area contributed by atoms with Crippen LogP contribution in [0.25, 0.3) is 0 Å². The number of hydrogen-bond donors (Lipinski definition) is 2. The van der Waals surface area contributed by atoms with Gasteiger partial charge in [-0.05, 0) is 68.4 Å². The number of ether oxygens (including phenoxy) is 2. The number of aromatic nitrogens is 1. The Morgan fingerprint density at radius 1 is 1.07 bits per heavy atom. The molecule has 2 aromatic carbocycles. The van der Waals surface area contributed by atoms with Gasteiger partial charge in [0.25, 0.3) is 5.91 Å².